The zero-order valence-electron chi connectivity index (χ0n) is 13.2. The second-order valence-electron chi connectivity index (χ2n) is 4.58. The topological polar surface area (TPSA) is 109 Å². The van der Waals surface area contributed by atoms with Gasteiger partial charge in [-0.3, -0.25) is 19.2 Å². The molecule has 2 unspecified atom stereocenters. The van der Waals surface area contributed by atoms with Gasteiger partial charge >= 0.3 is 35.8 Å². The Kier molecular flexibility index (Phi) is 16.7. The van der Waals surface area contributed by atoms with Crippen molar-refractivity contribution in [1.29, 1.82) is 0 Å². The van der Waals surface area contributed by atoms with E-state index in [4.69, 9.17) is 10.2 Å². The van der Waals surface area contributed by atoms with Gasteiger partial charge in [0, 0.05) is 0 Å². The zero-order valence-corrected chi connectivity index (χ0v) is 17.3. The van der Waals surface area contributed by atoms with Gasteiger partial charge in [0.05, 0.1) is 0 Å². The number of carboxylic acids is 2. The molecule has 0 aromatic rings. The van der Waals surface area contributed by atoms with Crippen LogP contribution in [0.15, 0.2) is 0 Å². The molecular formula is C14H26O6Sn. The first-order valence-corrected chi connectivity index (χ1v) is 6.65. The Bertz CT molecular complexity index is 291. The predicted molar refractivity (Wildman–Crippen MR) is 82.0 cm³/mol. The Labute approximate surface area is 142 Å². The Balaban J connectivity index is -0.000000295. The molecule has 0 bridgehead atoms. The molecule has 2 N–H and O–H groups in total. The maximum absolute atomic E-state index is 10.6. The van der Waals surface area contributed by atoms with Crippen LogP contribution in [0.2, 0.25) is 0 Å². The first kappa shape index (κ1) is 25.1. The van der Waals surface area contributed by atoms with E-state index < -0.39 is 23.8 Å². The van der Waals surface area contributed by atoms with Crippen LogP contribution in [0.4, 0.5) is 0 Å². The molecule has 0 saturated carbocycles. The summed E-state index contributed by atoms with van der Waals surface area (Å²) in [4.78, 5) is 41.8. The fourth-order valence-electron chi connectivity index (χ4n) is 1.58. The predicted octanol–water partition coefficient (Wildman–Crippen LogP) is 1.24. The third-order valence-corrected chi connectivity index (χ3v) is 2.73. The number of rotatable bonds is 8. The monoisotopic (exact) mass is 410 g/mol. The van der Waals surface area contributed by atoms with Crippen molar-refractivity contribution in [3.63, 3.8) is 0 Å². The Morgan fingerprint density at radius 2 is 1.00 bits per heavy atom. The van der Waals surface area contributed by atoms with E-state index in [0.29, 0.717) is 12.8 Å². The Morgan fingerprint density at radius 1 is 0.762 bits per heavy atom. The molecule has 6 nitrogen and oxygen atoms in total. The molecule has 0 saturated heterocycles. The van der Waals surface area contributed by atoms with Crippen LogP contribution < -0.4 is 0 Å². The summed E-state index contributed by atoms with van der Waals surface area (Å²) in [7, 11) is 0. The van der Waals surface area contributed by atoms with Crippen molar-refractivity contribution in [2.75, 3.05) is 0 Å². The summed E-state index contributed by atoms with van der Waals surface area (Å²) in [5.41, 5.74) is 0. The summed E-state index contributed by atoms with van der Waals surface area (Å²) >= 11 is 0. The van der Waals surface area contributed by atoms with E-state index in [1.807, 2.05) is 13.8 Å². The van der Waals surface area contributed by atoms with Crippen LogP contribution in [0, 0.1) is 11.8 Å². The van der Waals surface area contributed by atoms with Crippen molar-refractivity contribution in [3.05, 3.63) is 0 Å². The fourth-order valence-corrected chi connectivity index (χ4v) is 1.58. The van der Waals surface area contributed by atoms with Crippen LogP contribution in [-0.2, 0) is 19.2 Å². The van der Waals surface area contributed by atoms with Crippen molar-refractivity contribution in [2.24, 2.45) is 11.8 Å². The van der Waals surface area contributed by atoms with Crippen LogP contribution in [-0.4, -0.2) is 57.6 Å². The Morgan fingerprint density at radius 3 is 1.05 bits per heavy atom. The number of carbonyl (C=O) groups excluding carboxylic acids is 2. The van der Waals surface area contributed by atoms with Crippen molar-refractivity contribution in [3.8, 4) is 0 Å². The molecule has 0 aliphatic rings. The third-order valence-electron chi connectivity index (χ3n) is 2.73. The molecule has 0 aromatic carbocycles. The van der Waals surface area contributed by atoms with Gasteiger partial charge in [0.2, 0.25) is 0 Å². The van der Waals surface area contributed by atoms with Crippen molar-refractivity contribution < 1.29 is 29.4 Å². The normalized spacial score (nSPS) is 12.0. The van der Waals surface area contributed by atoms with E-state index in [9.17, 15) is 19.2 Å². The molecule has 2 radical (unpaired) electrons. The molecule has 0 amide bonds. The number of hydrogen-bond acceptors (Lipinski definition) is 4. The number of carbonyl (C=O) groups is 4. The van der Waals surface area contributed by atoms with E-state index in [-0.39, 0.29) is 35.5 Å². The molecule has 122 valence electrons. The molecule has 0 fully saturated rings. The standard InChI is InChI=1S/2C7H12O3.Sn.2H/c2*1-3-4-6(5(2)8)7(9)10;;;/h2*6H,3-4H2,1-2H3,(H,9,10);;;. The number of carboxylic acid groups (broad SMARTS) is 2. The molecule has 21 heavy (non-hydrogen) atoms. The second kappa shape index (κ2) is 14.0. The van der Waals surface area contributed by atoms with Gasteiger partial charge in [-0.15, -0.1) is 0 Å². The van der Waals surface area contributed by atoms with E-state index in [2.05, 4.69) is 0 Å². The van der Waals surface area contributed by atoms with E-state index in [0.717, 1.165) is 12.8 Å². The molecular weight excluding hydrogens is 383 g/mol. The maximum atomic E-state index is 10.6. The molecule has 7 heteroatoms. The van der Waals surface area contributed by atoms with Crippen LogP contribution >= 0.6 is 0 Å². The molecule has 0 aromatic heterocycles. The van der Waals surface area contributed by atoms with Gasteiger partial charge in [-0.25, -0.2) is 0 Å². The van der Waals surface area contributed by atoms with Gasteiger partial charge < -0.3 is 10.2 Å². The summed E-state index contributed by atoms with van der Waals surface area (Å²) < 4.78 is 0. The molecule has 0 rings (SSSR count). The molecule has 2 atom stereocenters. The average molecular weight is 409 g/mol. The molecule has 0 aliphatic carbocycles. The van der Waals surface area contributed by atoms with Crippen LogP contribution in [0.3, 0.4) is 0 Å². The van der Waals surface area contributed by atoms with Crippen LogP contribution in [0.1, 0.15) is 53.4 Å². The number of ketones is 2. The van der Waals surface area contributed by atoms with Gasteiger partial charge in [0.1, 0.15) is 23.4 Å². The number of Topliss-reactive ketones (excluding diaryl/α,β-unsaturated/α-hetero) is 2. The molecule has 0 spiro atoms. The molecule has 0 heterocycles. The summed E-state index contributed by atoms with van der Waals surface area (Å²) in [6.07, 6.45) is 2.36. The minimum atomic E-state index is -1.01. The van der Waals surface area contributed by atoms with E-state index in [1.165, 1.54) is 13.8 Å². The number of hydrogen-bond donors (Lipinski definition) is 2. The first-order valence-electron chi connectivity index (χ1n) is 6.65. The third kappa shape index (κ3) is 12.5. The zero-order chi connectivity index (χ0) is 16.3. The minimum absolute atomic E-state index is 0. The van der Waals surface area contributed by atoms with Crippen molar-refractivity contribution in [2.45, 2.75) is 53.4 Å². The first-order chi connectivity index (χ1) is 9.18. The Hall–Kier alpha value is -0.921. The summed E-state index contributed by atoms with van der Waals surface area (Å²) in [5.74, 6) is -4.09. The van der Waals surface area contributed by atoms with E-state index in [1.54, 1.807) is 0 Å². The summed E-state index contributed by atoms with van der Waals surface area (Å²) in [6.45, 7) is 6.35. The average Bonchev–Trinajstić information content (AvgIpc) is 2.32. The second-order valence-corrected chi connectivity index (χ2v) is 4.58. The quantitative estimate of drug-likeness (QED) is 0.462. The van der Waals surface area contributed by atoms with Gasteiger partial charge in [0.25, 0.3) is 0 Å². The van der Waals surface area contributed by atoms with Gasteiger partial charge in [-0.1, -0.05) is 26.7 Å². The number of aliphatic carboxylic acids is 2. The van der Waals surface area contributed by atoms with Crippen LogP contribution in [0.5, 0.6) is 0 Å². The van der Waals surface area contributed by atoms with Crippen molar-refractivity contribution >= 4 is 47.4 Å². The van der Waals surface area contributed by atoms with Gasteiger partial charge in [-0.05, 0) is 26.7 Å². The van der Waals surface area contributed by atoms with Gasteiger partial charge in [0.15, 0.2) is 0 Å². The fraction of sp³-hybridized carbons (Fsp3) is 0.714. The van der Waals surface area contributed by atoms with Crippen LogP contribution in [0.25, 0.3) is 0 Å². The SMILES string of the molecule is CCCC(C(C)=O)C(=O)O.CCCC(C(C)=O)C(=O)O.[SnH2]. The molecule has 0 aliphatic heterocycles. The van der Waals surface area contributed by atoms with Crippen molar-refractivity contribution in [1.82, 2.24) is 0 Å². The van der Waals surface area contributed by atoms with E-state index >= 15 is 0 Å². The summed E-state index contributed by atoms with van der Waals surface area (Å²) in [5, 5.41) is 16.9. The summed E-state index contributed by atoms with van der Waals surface area (Å²) in [6, 6.07) is 0. The van der Waals surface area contributed by atoms with Gasteiger partial charge in [-0.2, -0.15) is 0 Å².